The van der Waals surface area contributed by atoms with Crippen LogP contribution in [-0.4, -0.2) is 158 Å². The highest BCUT2D eigenvalue weighted by atomic mass is 16.7. The first kappa shape index (κ1) is 56.1. The molecule has 22 heteroatoms. The van der Waals surface area contributed by atoms with Crippen molar-refractivity contribution in [1.82, 2.24) is 15.5 Å². The fourth-order valence-corrected chi connectivity index (χ4v) is 16.3. The highest BCUT2D eigenvalue weighted by molar-refractivity contribution is 6.13. The number of aliphatic hydroxyl groups excluding tert-OH is 5. The number of carboxylic acid groups (broad SMARTS) is 1. The fourth-order valence-electron chi connectivity index (χ4n) is 16.3. The number of fused-ring (bicyclic) bond motifs is 7. The van der Waals surface area contributed by atoms with Gasteiger partial charge in [-0.1, -0.05) is 43.7 Å². The van der Waals surface area contributed by atoms with Crippen LogP contribution in [0.2, 0.25) is 0 Å². The van der Waals surface area contributed by atoms with E-state index in [0.29, 0.717) is 25.1 Å². The van der Waals surface area contributed by atoms with Gasteiger partial charge in [0.15, 0.2) is 17.7 Å². The van der Waals surface area contributed by atoms with E-state index in [1.54, 1.807) is 12.2 Å². The van der Waals surface area contributed by atoms with Crippen LogP contribution < -0.4 is 25.6 Å². The number of ether oxygens (including phenoxy) is 3. The van der Waals surface area contributed by atoms with Crippen molar-refractivity contribution in [2.24, 2.45) is 45.3 Å². The van der Waals surface area contributed by atoms with Gasteiger partial charge in [0.05, 0.1) is 17.2 Å². The van der Waals surface area contributed by atoms with Crippen molar-refractivity contribution in [1.29, 1.82) is 0 Å². The van der Waals surface area contributed by atoms with E-state index in [4.69, 9.17) is 14.2 Å². The van der Waals surface area contributed by atoms with Gasteiger partial charge in [0.1, 0.15) is 37.3 Å². The number of nitrogens with one attached hydrogen (secondary N) is 3. The quantitative estimate of drug-likeness (QED) is 0.0964. The van der Waals surface area contributed by atoms with Crippen molar-refractivity contribution in [2.45, 2.75) is 127 Å². The number of allylic oxidation sites excluding steroid dienone is 4. The SMILES string of the molecule is C[C@]12C=CC(=O)C=C1CC[C@@H]1[C@@H]2[C@@H](O)C[C@@]2(C)[C@H]1C[C@H]1CN(c3ccc(CC45CC(NC(=O)OCc6ccc(O[C@@H]7O[C@H](C(=O)O)[C@@H](O)[C@H](O)[C@H]7O)c(NC(=O)CCNC(=O)CCN7C(=O)C=CC7=O)c6)(C4)C5)cc3)C[C@]12C(=O)CO. The number of aliphatic carboxylic acids is 1. The number of carboxylic acids is 1. The topological polar surface area (TPSA) is 328 Å². The average molecular weight is 1120 g/mol. The third kappa shape index (κ3) is 9.73. The number of rotatable bonds is 18. The molecule has 0 spiro atoms. The number of amides is 5. The third-order valence-corrected chi connectivity index (χ3v) is 19.9. The summed E-state index contributed by atoms with van der Waals surface area (Å²) in [5.74, 6) is -3.86. The van der Waals surface area contributed by atoms with Crippen molar-refractivity contribution in [3.8, 4) is 5.75 Å². The number of benzene rings is 2. The molecule has 0 aromatic heterocycles. The Morgan fingerprint density at radius 2 is 1.58 bits per heavy atom. The Labute approximate surface area is 466 Å². The molecule has 7 aliphatic carbocycles. The first-order valence-corrected chi connectivity index (χ1v) is 27.9. The summed E-state index contributed by atoms with van der Waals surface area (Å²) in [6.45, 7) is 4.35. The second-order valence-electron chi connectivity index (χ2n) is 24.7. The largest absolute Gasteiger partial charge is 0.479 e. The summed E-state index contributed by atoms with van der Waals surface area (Å²) in [6, 6.07) is 12.7. The number of alkyl carbamates (subject to hydrolysis) is 1. The molecular formula is C59H69N5O17. The predicted octanol–water partition coefficient (Wildman–Crippen LogP) is 1.98. The highest BCUT2D eigenvalue weighted by Crippen LogP contribution is 2.73. The fraction of sp³-hybridized carbons (Fsp3) is 0.559. The summed E-state index contributed by atoms with van der Waals surface area (Å²) in [5.41, 5.74) is 1.38. The molecule has 0 unspecified atom stereocenters. The van der Waals surface area contributed by atoms with E-state index in [0.717, 1.165) is 78.8 Å². The number of nitrogens with zero attached hydrogens (tertiary/aromatic N) is 2. The lowest BCUT2D eigenvalue weighted by atomic mass is 9.38. The predicted molar refractivity (Wildman–Crippen MR) is 284 cm³/mol. The van der Waals surface area contributed by atoms with Crippen LogP contribution in [-0.2, 0) is 56.1 Å². The monoisotopic (exact) mass is 1120 g/mol. The molecule has 2 aromatic rings. The van der Waals surface area contributed by atoms with Gasteiger partial charge < -0.3 is 65.7 Å². The van der Waals surface area contributed by atoms with E-state index in [2.05, 4.69) is 59.0 Å². The van der Waals surface area contributed by atoms with Crippen LogP contribution in [0.3, 0.4) is 0 Å². The van der Waals surface area contributed by atoms with E-state index >= 15 is 0 Å². The van der Waals surface area contributed by atoms with Crippen LogP contribution >= 0.6 is 0 Å². The van der Waals surface area contributed by atoms with Gasteiger partial charge in [0.25, 0.3) is 11.8 Å². The normalized spacial score (nSPS) is 36.7. The summed E-state index contributed by atoms with van der Waals surface area (Å²) >= 11 is 0. The van der Waals surface area contributed by atoms with Crippen molar-refractivity contribution >= 4 is 58.6 Å². The zero-order chi connectivity index (χ0) is 57.6. The summed E-state index contributed by atoms with van der Waals surface area (Å²) in [6.07, 6.45) is 2.10. The molecule has 3 aliphatic heterocycles. The number of ketones is 2. The first-order chi connectivity index (χ1) is 38.5. The molecular weight excluding hydrogens is 1050 g/mol. The summed E-state index contributed by atoms with van der Waals surface area (Å²) in [5, 5.41) is 71.6. The molecule has 6 saturated carbocycles. The van der Waals surface area contributed by atoms with Crippen molar-refractivity contribution < 1.29 is 83.2 Å². The van der Waals surface area contributed by atoms with E-state index in [1.807, 2.05) is 6.08 Å². The van der Waals surface area contributed by atoms with E-state index in [-0.39, 0.29) is 84.6 Å². The molecule has 3 heterocycles. The van der Waals surface area contributed by atoms with Gasteiger partial charge in [0, 0.05) is 73.7 Å². The van der Waals surface area contributed by atoms with Gasteiger partial charge in [-0.05, 0) is 127 Å². The Kier molecular flexibility index (Phi) is 14.4. The lowest BCUT2D eigenvalue weighted by Gasteiger charge is -2.70. The molecule has 2 bridgehead atoms. The molecule has 2 saturated heterocycles. The minimum Gasteiger partial charge on any atom is -0.479 e. The Morgan fingerprint density at radius 3 is 2.28 bits per heavy atom. The van der Waals surface area contributed by atoms with Crippen molar-refractivity contribution in [3.05, 3.63) is 89.5 Å². The zero-order valence-electron chi connectivity index (χ0n) is 45.1. The third-order valence-electron chi connectivity index (χ3n) is 19.9. The van der Waals surface area contributed by atoms with E-state index < -0.39 is 101 Å². The van der Waals surface area contributed by atoms with Crippen LogP contribution in [0.15, 0.2) is 78.4 Å². The maximum atomic E-state index is 14.2. The lowest BCUT2D eigenvalue weighted by Crippen LogP contribution is -2.75. The second kappa shape index (κ2) is 20.9. The van der Waals surface area contributed by atoms with Gasteiger partial charge in [-0.2, -0.15) is 0 Å². The van der Waals surface area contributed by atoms with Crippen LogP contribution in [0.25, 0.3) is 0 Å². The zero-order valence-corrected chi connectivity index (χ0v) is 45.1. The average Bonchev–Trinajstić information content (AvgIpc) is 2.24. The minimum atomic E-state index is -1.98. The van der Waals surface area contributed by atoms with Crippen molar-refractivity contribution in [3.63, 3.8) is 0 Å². The molecule has 10 aliphatic rings. The summed E-state index contributed by atoms with van der Waals surface area (Å²) < 4.78 is 16.7. The molecule has 5 amide bonds. The van der Waals surface area contributed by atoms with Gasteiger partial charge in [0.2, 0.25) is 18.1 Å². The maximum Gasteiger partial charge on any atom is 0.407 e. The molecule has 432 valence electrons. The lowest BCUT2D eigenvalue weighted by molar-refractivity contribution is -0.271. The smallest absolute Gasteiger partial charge is 0.407 e. The number of hydrogen-bond acceptors (Lipinski definition) is 17. The Hall–Kier alpha value is -6.82. The highest BCUT2D eigenvalue weighted by Gasteiger charge is 2.73. The molecule has 2 aromatic carbocycles. The minimum absolute atomic E-state index is 0.00220. The van der Waals surface area contributed by atoms with Gasteiger partial charge >= 0.3 is 12.1 Å². The number of aliphatic hydroxyl groups is 5. The number of carbonyl (C=O) groups is 8. The Balaban J connectivity index is 0.682. The van der Waals surface area contributed by atoms with Gasteiger partial charge in [-0.25, -0.2) is 9.59 Å². The van der Waals surface area contributed by atoms with E-state index in [9.17, 15) is 69.0 Å². The number of hydrogen-bond donors (Lipinski definition) is 9. The summed E-state index contributed by atoms with van der Waals surface area (Å²) in [4.78, 5) is 104. The number of anilines is 2. The van der Waals surface area contributed by atoms with Crippen LogP contribution in [0.4, 0.5) is 16.2 Å². The van der Waals surface area contributed by atoms with Crippen LogP contribution in [0.1, 0.15) is 82.8 Å². The van der Waals surface area contributed by atoms with Gasteiger partial charge in [-0.15, -0.1) is 0 Å². The van der Waals surface area contributed by atoms with Crippen LogP contribution in [0.5, 0.6) is 5.75 Å². The maximum absolute atomic E-state index is 14.2. The molecule has 81 heavy (non-hydrogen) atoms. The standard InChI is InChI=1S/C59H69N5O17/c1-55-16-13-36(66)20-33(55)6-9-37-38-21-34-24-63(30-59(34,42(68)25-65)56(38,2)23-40(67)47(37)55)35-7-3-31(4-8-35)22-57-27-58(28-57,29-57)62-54(78)79-26-32-5-10-41(80-53-50(75)48(73)49(74)51(81-53)52(76)77)39(19-32)61-44(70)14-17-60-43(69)15-18-64-45(71)11-12-46(64)72/h3-5,7-8,10-13,16,19-20,34,37-38,40,47-51,53,65,67,73-75H,6,9,14-15,17-18,21-30H2,1-2H3,(H,60,69)(H,61,70)(H,62,78)(H,76,77)/t34-,37-,38-,40-,47+,48-,49-,50+,51-,53+,55-,56-,57?,58?,59+/m0/s1. The summed E-state index contributed by atoms with van der Waals surface area (Å²) in [7, 11) is 0. The molecule has 0 radical (unpaired) electrons. The molecule has 13 atom stereocenters. The molecule has 9 N–H and O–H groups in total. The molecule has 8 fully saturated rings. The van der Waals surface area contributed by atoms with Crippen molar-refractivity contribution in [2.75, 3.05) is 43.0 Å². The molecule has 22 nitrogen and oxygen atoms in total. The number of imide groups is 1. The van der Waals surface area contributed by atoms with E-state index in [1.165, 1.54) is 18.2 Å². The molecule has 12 rings (SSSR count). The Bertz CT molecular complexity index is 3010. The second-order valence-corrected chi connectivity index (χ2v) is 24.7. The van der Waals surface area contributed by atoms with Crippen LogP contribution in [0, 0.1) is 45.3 Å². The number of carbonyl (C=O) groups excluding carboxylic acids is 7. The first-order valence-electron chi connectivity index (χ1n) is 27.9. The Morgan fingerprint density at radius 1 is 0.864 bits per heavy atom. The number of Topliss-reactive ketones (excluding diaryl/α,β-unsaturated/α-hetero) is 1. The van der Waals surface area contributed by atoms with Gasteiger partial charge in [-0.3, -0.25) is 33.7 Å².